The summed E-state index contributed by atoms with van der Waals surface area (Å²) in [4.78, 5) is 50.0. The zero-order valence-corrected chi connectivity index (χ0v) is 21.4. The van der Waals surface area contributed by atoms with Gasteiger partial charge in [-0.1, -0.05) is 25.3 Å². The average Bonchev–Trinajstić information content (AvgIpc) is 3.34. The van der Waals surface area contributed by atoms with Crippen molar-refractivity contribution >= 4 is 46.9 Å². The van der Waals surface area contributed by atoms with Crippen LogP contribution in [0.1, 0.15) is 43.9 Å². The second-order valence-electron chi connectivity index (χ2n) is 8.52. The number of nitrogens with one attached hydrogen (secondary N) is 1. The highest BCUT2D eigenvalue weighted by Crippen LogP contribution is 2.46. The van der Waals surface area contributed by atoms with Crippen molar-refractivity contribution in [2.24, 2.45) is 5.73 Å². The summed E-state index contributed by atoms with van der Waals surface area (Å²) in [6.07, 6.45) is 6.75. The van der Waals surface area contributed by atoms with E-state index in [1.807, 2.05) is 11.4 Å². The van der Waals surface area contributed by atoms with E-state index in [-0.39, 0.29) is 24.5 Å². The highest BCUT2D eigenvalue weighted by atomic mass is 32.2. The van der Waals surface area contributed by atoms with E-state index in [1.54, 1.807) is 6.07 Å². The normalized spacial score (nSPS) is 24.0. The number of nitrogens with zero attached hydrogens (tertiary/aromatic N) is 1. The van der Waals surface area contributed by atoms with Crippen molar-refractivity contribution in [2.45, 2.75) is 62.6 Å². The number of carbonyl (C=O) groups excluding carboxylic acids is 3. The molecule has 3 aliphatic rings. The molecule has 2 fully saturated rings. The Morgan fingerprint density at radius 2 is 2.00 bits per heavy atom. The lowest BCUT2D eigenvalue weighted by Gasteiger charge is -2.55. The average molecular weight is 526 g/mol. The molecule has 4 rings (SSSR count). The monoisotopic (exact) mass is 525 g/mol. The highest BCUT2D eigenvalue weighted by Gasteiger charge is 2.66. The largest absolute Gasteiger partial charge is 0.477 e. The number of carboxylic acid groups (broad SMARTS) is 1. The molecule has 0 bridgehead atoms. The van der Waals surface area contributed by atoms with Gasteiger partial charge in [0.15, 0.2) is 0 Å². The van der Waals surface area contributed by atoms with Gasteiger partial charge in [0.1, 0.15) is 17.7 Å². The number of rotatable bonds is 7. The maximum atomic E-state index is 12.9. The first-order chi connectivity index (χ1) is 16.7. The van der Waals surface area contributed by atoms with E-state index in [4.69, 9.17) is 15.2 Å². The predicted molar refractivity (Wildman–Crippen MR) is 131 cm³/mol. The Bertz CT molecular complexity index is 976. The third kappa shape index (κ3) is 6.24. The standard InChI is InChI=1S/C17H18N2O7S2.C6H13N/c1-9(20)26-7-10-8-28-16-17(25-2,15(24)19(16)13(10)14(22)23)18-12(21)6-11-4-3-5-27-11;7-6-4-2-1-3-5-6/h3-5,16H,6-8H2,1-2H3,(H,18,21)(H,22,23);6H,1-5,7H2/t16?,17-;/m0./s1. The number of methoxy groups -OCH3 is 1. The summed E-state index contributed by atoms with van der Waals surface area (Å²) in [7, 11) is 1.29. The molecule has 1 aromatic heterocycles. The van der Waals surface area contributed by atoms with E-state index in [2.05, 4.69) is 5.32 Å². The molecule has 4 N–H and O–H groups in total. The first kappa shape index (κ1) is 27.2. The number of aliphatic carboxylic acids is 1. The van der Waals surface area contributed by atoms with E-state index < -0.39 is 34.9 Å². The van der Waals surface area contributed by atoms with E-state index in [0.29, 0.717) is 11.6 Å². The van der Waals surface area contributed by atoms with Gasteiger partial charge < -0.3 is 25.6 Å². The number of esters is 1. The van der Waals surface area contributed by atoms with Crippen LogP contribution in [0.25, 0.3) is 0 Å². The Hall–Kier alpha value is -2.41. The summed E-state index contributed by atoms with van der Waals surface area (Å²) >= 11 is 2.65. The SMILES string of the molecule is CO[C@@]1(NC(=O)Cc2cccs2)C(=O)N2C(C(=O)O)=C(COC(C)=O)CSC21.NC1CCCCC1. The number of hydrogen-bond acceptors (Lipinski definition) is 9. The van der Waals surface area contributed by atoms with Crippen molar-refractivity contribution in [3.8, 4) is 0 Å². The van der Waals surface area contributed by atoms with Crippen LogP contribution in [-0.4, -0.2) is 70.4 Å². The second kappa shape index (κ2) is 12.0. The molecule has 1 saturated carbocycles. The molecule has 1 unspecified atom stereocenters. The Morgan fingerprint density at radius 1 is 1.29 bits per heavy atom. The van der Waals surface area contributed by atoms with Gasteiger partial charge in [0.05, 0.1) is 6.42 Å². The van der Waals surface area contributed by atoms with E-state index >= 15 is 0 Å². The molecule has 2 amide bonds. The lowest BCUT2D eigenvalue weighted by molar-refractivity contribution is -0.192. The quantitative estimate of drug-likeness (QED) is 0.275. The number of amides is 2. The van der Waals surface area contributed by atoms with E-state index in [9.17, 15) is 24.3 Å². The third-order valence-corrected chi connectivity index (χ3v) is 8.22. The summed E-state index contributed by atoms with van der Waals surface area (Å²) in [5.74, 6) is -2.72. The maximum Gasteiger partial charge on any atom is 0.352 e. The summed E-state index contributed by atoms with van der Waals surface area (Å²) in [6, 6.07) is 4.16. The molecule has 2 aliphatic heterocycles. The maximum absolute atomic E-state index is 12.9. The van der Waals surface area contributed by atoms with Gasteiger partial charge >= 0.3 is 11.9 Å². The van der Waals surface area contributed by atoms with Crippen molar-refractivity contribution in [2.75, 3.05) is 19.5 Å². The molecule has 1 saturated heterocycles. The molecule has 35 heavy (non-hydrogen) atoms. The smallest absolute Gasteiger partial charge is 0.352 e. The molecule has 1 aromatic rings. The number of fused-ring (bicyclic) bond motifs is 1. The molecule has 10 nitrogen and oxygen atoms in total. The number of hydrogen-bond donors (Lipinski definition) is 3. The number of nitrogens with two attached hydrogens (primary N) is 1. The van der Waals surface area contributed by atoms with Crippen LogP contribution in [0.15, 0.2) is 28.8 Å². The van der Waals surface area contributed by atoms with Gasteiger partial charge in [-0.05, 0) is 24.3 Å². The van der Waals surface area contributed by atoms with E-state index in [1.165, 1.54) is 69.2 Å². The van der Waals surface area contributed by atoms with Crippen molar-refractivity contribution in [3.05, 3.63) is 33.7 Å². The summed E-state index contributed by atoms with van der Waals surface area (Å²) in [5, 5.41) is 13.3. The first-order valence-corrected chi connectivity index (χ1v) is 13.3. The van der Waals surface area contributed by atoms with Crippen molar-refractivity contribution in [3.63, 3.8) is 0 Å². The molecule has 3 heterocycles. The molecule has 0 spiro atoms. The molecule has 0 radical (unpaired) electrons. The topological polar surface area (TPSA) is 148 Å². The summed E-state index contributed by atoms with van der Waals surface area (Å²) in [5.41, 5.74) is 4.07. The number of thioether (sulfide) groups is 1. The second-order valence-corrected chi connectivity index (χ2v) is 10.6. The highest BCUT2D eigenvalue weighted by molar-refractivity contribution is 8.00. The van der Waals surface area contributed by atoms with Crippen molar-refractivity contribution in [1.29, 1.82) is 0 Å². The third-order valence-electron chi connectivity index (χ3n) is 5.97. The van der Waals surface area contributed by atoms with Crippen LogP contribution >= 0.6 is 23.1 Å². The van der Waals surface area contributed by atoms with E-state index in [0.717, 1.165) is 9.78 Å². The number of carbonyl (C=O) groups is 4. The molecular weight excluding hydrogens is 494 g/mol. The fourth-order valence-electron chi connectivity index (χ4n) is 4.20. The van der Waals surface area contributed by atoms with Crippen molar-refractivity contribution < 1.29 is 33.8 Å². The van der Waals surface area contributed by atoms with Crippen LogP contribution in [0.4, 0.5) is 0 Å². The fourth-order valence-corrected chi connectivity index (χ4v) is 6.32. The van der Waals surface area contributed by atoms with Gasteiger partial charge in [-0.15, -0.1) is 23.1 Å². The van der Waals surface area contributed by atoms with Crippen LogP contribution < -0.4 is 11.1 Å². The molecule has 192 valence electrons. The molecule has 12 heteroatoms. The Kier molecular flexibility index (Phi) is 9.34. The van der Waals surface area contributed by atoms with Gasteiger partial charge in [-0.2, -0.15) is 0 Å². The van der Waals surface area contributed by atoms with Gasteiger partial charge in [-0.3, -0.25) is 19.3 Å². The van der Waals surface area contributed by atoms with Gasteiger partial charge in [0.25, 0.3) is 11.6 Å². The minimum Gasteiger partial charge on any atom is -0.477 e. The predicted octanol–water partition coefficient (Wildman–Crippen LogP) is 1.84. The minimum atomic E-state index is -1.63. The van der Waals surface area contributed by atoms with Crippen LogP contribution in [0, 0.1) is 0 Å². The summed E-state index contributed by atoms with van der Waals surface area (Å²) < 4.78 is 10.3. The zero-order chi connectivity index (χ0) is 25.6. The summed E-state index contributed by atoms with van der Waals surface area (Å²) in [6.45, 7) is 0.999. The minimum absolute atomic E-state index is 0.0901. The Balaban J connectivity index is 0.000000420. The van der Waals surface area contributed by atoms with Crippen LogP contribution in [0.3, 0.4) is 0 Å². The van der Waals surface area contributed by atoms with Gasteiger partial charge in [0, 0.05) is 36.3 Å². The fraction of sp³-hybridized carbons (Fsp3) is 0.565. The van der Waals surface area contributed by atoms with Crippen LogP contribution in [-0.2, 0) is 35.1 Å². The first-order valence-electron chi connectivity index (χ1n) is 11.4. The van der Waals surface area contributed by atoms with Gasteiger partial charge in [0.2, 0.25) is 5.91 Å². The number of carboxylic acids is 1. The lowest BCUT2D eigenvalue weighted by Crippen LogP contribution is -2.80. The molecule has 1 aliphatic carbocycles. The van der Waals surface area contributed by atoms with Crippen molar-refractivity contribution in [1.82, 2.24) is 10.2 Å². The van der Waals surface area contributed by atoms with Crippen LogP contribution in [0.5, 0.6) is 0 Å². The molecule has 0 aromatic carbocycles. The molecule has 2 atom stereocenters. The Morgan fingerprint density at radius 3 is 2.51 bits per heavy atom. The lowest BCUT2D eigenvalue weighted by atomic mass is 9.97. The number of β-lactam (4-membered cyclic amide) rings is 1. The number of ether oxygens (including phenoxy) is 2. The molecular formula is C23H31N3O7S2. The number of thiophene rings is 1. The Labute approximate surface area is 212 Å². The zero-order valence-electron chi connectivity index (χ0n) is 19.8. The van der Waals surface area contributed by atoms with Crippen LogP contribution in [0.2, 0.25) is 0 Å². The van der Waals surface area contributed by atoms with Gasteiger partial charge in [-0.25, -0.2) is 4.79 Å².